The van der Waals surface area contributed by atoms with Gasteiger partial charge in [0.1, 0.15) is 5.82 Å². The monoisotopic (exact) mass is 331 g/mol. The second-order valence-corrected chi connectivity index (χ2v) is 6.66. The zero-order valence-corrected chi connectivity index (χ0v) is 13.4. The maximum absolute atomic E-state index is 13.5. The van der Waals surface area contributed by atoms with Gasteiger partial charge in [-0.2, -0.15) is 0 Å². The Morgan fingerprint density at radius 2 is 2.09 bits per heavy atom. The highest BCUT2D eigenvalue weighted by Crippen LogP contribution is 2.36. The van der Waals surface area contributed by atoms with Crippen LogP contribution in [-0.2, 0) is 4.79 Å². The molecule has 2 unspecified atom stereocenters. The number of rotatable bonds is 4. The highest BCUT2D eigenvalue weighted by atomic mass is 32.2. The predicted octanol–water partition coefficient (Wildman–Crippen LogP) is 3.25. The molecule has 2 atom stereocenters. The number of aliphatic hydroxyl groups is 1. The molecule has 3 nitrogen and oxygen atoms in total. The van der Waals surface area contributed by atoms with E-state index >= 15 is 0 Å². The van der Waals surface area contributed by atoms with Crippen molar-refractivity contribution in [3.63, 3.8) is 0 Å². The number of benzene rings is 2. The molecular formula is C18H18FNO2S. The summed E-state index contributed by atoms with van der Waals surface area (Å²) in [5.74, 6) is -0.264. The van der Waals surface area contributed by atoms with E-state index in [-0.39, 0.29) is 24.4 Å². The lowest BCUT2D eigenvalue weighted by atomic mass is 9.97. The molecule has 2 aromatic rings. The predicted molar refractivity (Wildman–Crippen MR) is 88.9 cm³/mol. The lowest BCUT2D eigenvalue weighted by Crippen LogP contribution is -2.35. The third-order valence-electron chi connectivity index (χ3n) is 4.03. The number of amides is 1. The summed E-state index contributed by atoms with van der Waals surface area (Å²) < 4.78 is 13.5. The van der Waals surface area contributed by atoms with Crippen molar-refractivity contribution in [2.75, 3.05) is 12.4 Å². The number of halogens is 1. The molecule has 1 amide bonds. The van der Waals surface area contributed by atoms with E-state index in [4.69, 9.17) is 0 Å². The maximum Gasteiger partial charge on any atom is 0.230 e. The second-order valence-electron chi connectivity index (χ2n) is 5.53. The van der Waals surface area contributed by atoms with Gasteiger partial charge < -0.3 is 10.4 Å². The normalized spacial score (nSPS) is 18.1. The molecule has 0 saturated heterocycles. The van der Waals surface area contributed by atoms with Crippen molar-refractivity contribution in [3.8, 4) is 0 Å². The van der Waals surface area contributed by atoms with Crippen molar-refractivity contribution in [1.82, 2.24) is 5.32 Å². The van der Waals surface area contributed by atoms with Crippen LogP contribution in [0, 0.1) is 5.82 Å². The number of hydrogen-bond acceptors (Lipinski definition) is 3. The first-order chi connectivity index (χ1) is 11.2. The van der Waals surface area contributed by atoms with Gasteiger partial charge in [0.2, 0.25) is 5.91 Å². The highest BCUT2D eigenvalue weighted by molar-refractivity contribution is 7.99. The molecule has 0 aliphatic carbocycles. The highest BCUT2D eigenvalue weighted by Gasteiger charge is 2.26. The first-order valence-corrected chi connectivity index (χ1v) is 8.56. The van der Waals surface area contributed by atoms with Gasteiger partial charge in [-0.3, -0.25) is 4.79 Å². The largest absolute Gasteiger partial charge is 0.395 e. The van der Waals surface area contributed by atoms with E-state index in [0.717, 1.165) is 28.2 Å². The van der Waals surface area contributed by atoms with Crippen LogP contribution in [0.3, 0.4) is 0 Å². The van der Waals surface area contributed by atoms with E-state index < -0.39 is 5.92 Å². The van der Waals surface area contributed by atoms with Crippen molar-refractivity contribution in [2.24, 2.45) is 0 Å². The van der Waals surface area contributed by atoms with Gasteiger partial charge in [-0.1, -0.05) is 30.3 Å². The third-order valence-corrected chi connectivity index (χ3v) is 5.15. The van der Waals surface area contributed by atoms with Crippen LogP contribution in [0.2, 0.25) is 0 Å². The van der Waals surface area contributed by atoms with Gasteiger partial charge in [0.25, 0.3) is 0 Å². The summed E-state index contributed by atoms with van der Waals surface area (Å²) in [5, 5.41) is 12.6. The Bertz CT molecular complexity index is 693. The lowest BCUT2D eigenvalue weighted by molar-refractivity contribution is -0.124. The molecule has 0 aromatic heterocycles. The minimum Gasteiger partial charge on any atom is -0.395 e. The van der Waals surface area contributed by atoms with Crippen LogP contribution in [0.15, 0.2) is 53.4 Å². The fourth-order valence-corrected chi connectivity index (χ4v) is 3.92. The van der Waals surface area contributed by atoms with Crippen LogP contribution < -0.4 is 5.32 Å². The number of fused-ring (bicyclic) bond motifs is 1. The Hall–Kier alpha value is -1.85. The van der Waals surface area contributed by atoms with E-state index in [0.29, 0.717) is 0 Å². The van der Waals surface area contributed by atoms with Crippen LogP contribution in [0.4, 0.5) is 4.39 Å². The Kier molecular flexibility index (Phi) is 4.98. The van der Waals surface area contributed by atoms with Crippen molar-refractivity contribution >= 4 is 17.7 Å². The first-order valence-electron chi connectivity index (χ1n) is 7.57. The third kappa shape index (κ3) is 3.57. The SMILES string of the molecule is O=C(NC1CCSc2ccc(F)cc21)C(CO)c1ccccc1. The van der Waals surface area contributed by atoms with Crippen molar-refractivity contribution in [3.05, 3.63) is 65.5 Å². The van der Waals surface area contributed by atoms with Gasteiger partial charge in [0, 0.05) is 10.6 Å². The molecule has 0 fully saturated rings. The lowest BCUT2D eigenvalue weighted by Gasteiger charge is -2.27. The van der Waals surface area contributed by atoms with Gasteiger partial charge in [-0.15, -0.1) is 11.8 Å². The fraction of sp³-hybridized carbons (Fsp3) is 0.278. The number of carbonyl (C=O) groups is 1. The van der Waals surface area contributed by atoms with Gasteiger partial charge >= 0.3 is 0 Å². The van der Waals surface area contributed by atoms with Crippen LogP contribution in [0.25, 0.3) is 0 Å². The topological polar surface area (TPSA) is 49.3 Å². The summed E-state index contributed by atoms with van der Waals surface area (Å²) >= 11 is 1.67. The van der Waals surface area contributed by atoms with Gasteiger partial charge in [-0.25, -0.2) is 4.39 Å². The zero-order valence-electron chi connectivity index (χ0n) is 12.5. The Morgan fingerprint density at radius 1 is 1.30 bits per heavy atom. The average molecular weight is 331 g/mol. The molecule has 2 aromatic carbocycles. The molecule has 1 aliphatic rings. The molecule has 120 valence electrons. The summed E-state index contributed by atoms with van der Waals surface area (Å²) in [4.78, 5) is 13.6. The number of thioether (sulfide) groups is 1. The van der Waals surface area contributed by atoms with Crippen molar-refractivity contribution in [2.45, 2.75) is 23.3 Å². The van der Waals surface area contributed by atoms with Gasteiger partial charge in [0.05, 0.1) is 18.6 Å². The van der Waals surface area contributed by atoms with E-state index in [1.165, 1.54) is 12.1 Å². The molecule has 2 N–H and O–H groups in total. The van der Waals surface area contributed by atoms with E-state index in [9.17, 15) is 14.3 Å². The molecule has 0 radical (unpaired) electrons. The number of carbonyl (C=O) groups excluding carboxylic acids is 1. The fourth-order valence-electron chi connectivity index (χ4n) is 2.81. The van der Waals surface area contributed by atoms with Crippen molar-refractivity contribution < 1.29 is 14.3 Å². The van der Waals surface area contributed by atoms with Crippen LogP contribution >= 0.6 is 11.8 Å². The Morgan fingerprint density at radius 3 is 2.83 bits per heavy atom. The summed E-state index contributed by atoms with van der Waals surface area (Å²) in [6.45, 7) is -0.257. The van der Waals surface area contributed by atoms with Gasteiger partial charge in [0.15, 0.2) is 0 Å². The maximum atomic E-state index is 13.5. The average Bonchev–Trinajstić information content (AvgIpc) is 2.57. The van der Waals surface area contributed by atoms with Crippen molar-refractivity contribution in [1.29, 1.82) is 0 Å². The quantitative estimate of drug-likeness (QED) is 0.904. The smallest absolute Gasteiger partial charge is 0.230 e. The standard InChI is InChI=1S/C18H18FNO2S/c19-13-6-7-17-14(10-13)16(8-9-23-17)20-18(22)15(11-21)12-4-2-1-3-5-12/h1-7,10,15-16,21H,8-9,11H2,(H,20,22). The second kappa shape index (κ2) is 7.15. The Labute approximate surface area is 138 Å². The molecule has 0 bridgehead atoms. The van der Waals surface area contributed by atoms with Gasteiger partial charge in [-0.05, 0) is 35.7 Å². The number of nitrogens with one attached hydrogen (secondary N) is 1. The Balaban J connectivity index is 1.80. The minimum absolute atomic E-state index is 0.216. The molecule has 0 saturated carbocycles. The van der Waals surface area contributed by atoms with E-state index in [1.807, 2.05) is 30.3 Å². The number of hydrogen-bond donors (Lipinski definition) is 2. The van der Waals surface area contributed by atoms with E-state index in [2.05, 4.69) is 5.32 Å². The summed E-state index contributed by atoms with van der Waals surface area (Å²) in [6, 6.07) is 13.7. The molecule has 5 heteroatoms. The zero-order chi connectivity index (χ0) is 16.2. The summed E-state index contributed by atoms with van der Waals surface area (Å²) in [7, 11) is 0. The number of aliphatic hydroxyl groups excluding tert-OH is 1. The van der Waals surface area contributed by atoms with E-state index in [1.54, 1.807) is 17.8 Å². The molecule has 0 spiro atoms. The molecule has 23 heavy (non-hydrogen) atoms. The molecule has 1 aliphatic heterocycles. The minimum atomic E-state index is -0.609. The van der Waals surface area contributed by atoms with Crippen LogP contribution in [-0.4, -0.2) is 23.4 Å². The molecule has 3 rings (SSSR count). The molecule has 1 heterocycles. The molecular weight excluding hydrogens is 313 g/mol. The summed E-state index contributed by atoms with van der Waals surface area (Å²) in [6.07, 6.45) is 0.750. The summed E-state index contributed by atoms with van der Waals surface area (Å²) in [5.41, 5.74) is 1.59. The van der Waals surface area contributed by atoms with Crippen LogP contribution in [0.1, 0.15) is 29.5 Å². The first kappa shape index (κ1) is 16.0. The van der Waals surface area contributed by atoms with Crippen LogP contribution in [0.5, 0.6) is 0 Å².